The molecule has 0 aromatic rings. The van der Waals surface area contributed by atoms with Gasteiger partial charge in [-0.15, -0.1) is 0 Å². The summed E-state index contributed by atoms with van der Waals surface area (Å²) in [6.07, 6.45) is 10.5. The van der Waals surface area contributed by atoms with E-state index in [1.165, 1.54) is 32.1 Å². The van der Waals surface area contributed by atoms with Crippen LogP contribution in [-0.2, 0) is 4.79 Å². The average Bonchev–Trinajstić information content (AvgIpc) is 2.40. The fourth-order valence-electron chi connectivity index (χ4n) is 2.90. The monoisotopic (exact) mass is 256 g/mol. The molecule has 1 aliphatic heterocycles. The molecule has 0 spiro atoms. The lowest BCUT2D eigenvalue weighted by atomic mass is 9.94. The minimum atomic E-state index is 0.0631. The van der Waals surface area contributed by atoms with E-state index in [4.69, 9.17) is 0 Å². The Balaban J connectivity index is 1.83. The Kier molecular flexibility index (Phi) is 5.16. The summed E-state index contributed by atoms with van der Waals surface area (Å²) in [4.78, 5) is 12.1. The molecule has 1 heterocycles. The van der Waals surface area contributed by atoms with Gasteiger partial charge in [0.2, 0.25) is 5.91 Å². The molecule has 2 fully saturated rings. The zero-order valence-electron chi connectivity index (χ0n) is 10.7. The summed E-state index contributed by atoms with van der Waals surface area (Å²) in [7, 11) is 0. The van der Waals surface area contributed by atoms with Gasteiger partial charge in [0, 0.05) is 11.3 Å². The van der Waals surface area contributed by atoms with Crippen LogP contribution in [0.15, 0.2) is 0 Å². The minimum Gasteiger partial charge on any atom is -0.351 e. The van der Waals surface area contributed by atoms with Crippen molar-refractivity contribution in [2.45, 2.75) is 62.3 Å². The van der Waals surface area contributed by atoms with Crippen molar-refractivity contribution in [2.75, 3.05) is 12.8 Å². The van der Waals surface area contributed by atoms with Gasteiger partial charge in [-0.2, -0.15) is 11.8 Å². The van der Waals surface area contributed by atoms with Crippen LogP contribution in [-0.4, -0.2) is 36.0 Å². The molecule has 1 saturated carbocycles. The third-order valence-electron chi connectivity index (χ3n) is 3.96. The highest BCUT2D eigenvalue weighted by molar-refractivity contribution is 7.99. The Morgan fingerprint density at radius 1 is 1.18 bits per heavy atom. The zero-order chi connectivity index (χ0) is 12.1. The maximum Gasteiger partial charge on any atom is 0.237 e. The molecule has 0 aromatic heterocycles. The summed E-state index contributed by atoms with van der Waals surface area (Å²) in [6.45, 7) is 0.995. The first-order valence-electron chi connectivity index (χ1n) is 6.88. The molecule has 2 aliphatic rings. The predicted octanol–water partition coefficient (Wildman–Crippen LogP) is 1.92. The van der Waals surface area contributed by atoms with Crippen LogP contribution in [0.4, 0.5) is 0 Å². The fourth-order valence-corrected chi connectivity index (χ4v) is 3.84. The summed E-state index contributed by atoms with van der Waals surface area (Å²) in [5.74, 6) is 0.232. The van der Waals surface area contributed by atoms with Crippen LogP contribution in [0.2, 0.25) is 0 Å². The van der Waals surface area contributed by atoms with Gasteiger partial charge in [0.25, 0.3) is 0 Å². The number of rotatable bonds is 3. The van der Waals surface area contributed by atoms with E-state index >= 15 is 0 Å². The van der Waals surface area contributed by atoms with E-state index in [0.29, 0.717) is 11.3 Å². The van der Waals surface area contributed by atoms with E-state index in [0.717, 1.165) is 19.4 Å². The van der Waals surface area contributed by atoms with Crippen LogP contribution in [0.1, 0.15) is 44.9 Å². The summed E-state index contributed by atoms with van der Waals surface area (Å²) in [6, 6.07) is 0.461. The maximum atomic E-state index is 12.1. The topological polar surface area (TPSA) is 41.1 Å². The van der Waals surface area contributed by atoms with Gasteiger partial charge in [-0.25, -0.2) is 0 Å². The van der Waals surface area contributed by atoms with Crippen LogP contribution in [0, 0.1) is 0 Å². The van der Waals surface area contributed by atoms with Crippen molar-refractivity contribution >= 4 is 17.7 Å². The molecule has 17 heavy (non-hydrogen) atoms. The van der Waals surface area contributed by atoms with Gasteiger partial charge in [-0.05, 0) is 38.5 Å². The largest absolute Gasteiger partial charge is 0.351 e. The molecule has 1 amide bonds. The first-order chi connectivity index (χ1) is 8.31. The second-order valence-corrected chi connectivity index (χ2v) is 6.25. The van der Waals surface area contributed by atoms with Crippen molar-refractivity contribution < 1.29 is 4.79 Å². The lowest BCUT2D eigenvalue weighted by molar-refractivity contribution is -0.124. The van der Waals surface area contributed by atoms with Gasteiger partial charge in [-0.1, -0.05) is 19.3 Å². The highest BCUT2D eigenvalue weighted by Gasteiger charge is 2.28. The number of hydrogen-bond acceptors (Lipinski definition) is 3. The van der Waals surface area contributed by atoms with Crippen LogP contribution in [0.3, 0.4) is 0 Å². The molecule has 1 aliphatic carbocycles. The molecule has 0 aromatic carbocycles. The Labute approximate surface area is 108 Å². The average molecular weight is 256 g/mol. The molecule has 3 nitrogen and oxygen atoms in total. The summed E-state index contributed by atoms with van der Waals surface area (Å²) >= 11 is 1.91. The third kappa shape index (κ3) is 3.62. The number of thioether (sulfide) groups is 1. The van der Waals surface area contributed by atoms with E-state index in [1.54, 1.807) is 0 Å². The lowest BCUT2D eigenvalue weighted by Crippen LogP contribution is -2.52. The molecular weight excluding hydrogens is 232 g/mol. The van der Waals surface area contributed by atoms with E-state index < -0.39 is 0 Å². The fraction of sp³-hybridized carbons (Fsp3) is 0.923. The second kappa shape index (κ2) is 6.64. The van der Waals surface area contributed by atoms with Gasteiger partial charge in [-0.3, -0.25) is 4.79 Å². The maximum absolute atomic E-state index is 12.1. The number of carbonyl (C=O) groups excluding carboxylic acids is 1. The summed E-state index contributed by atoms with van der Waals surface area (Å²) in [5, 5.41) is 7.21. The highest BCUT2D eigenvalue weighted by Crippen LogP contribution is 2.27. The van der Waals surface area contributed by atoms with Crippen molar-refractivity contribution in [1.82, 2.24) is 10.6 Å². The van der Waals surface area contributed by atoms with Crippen LogP contribution in [0.25, 0.3) is 0 Å². The number of piperidine rings is 1. The number of carbonyl (C=O) groups is 1. The SMILES string of the molecule is CSC1CCCCC1NC(=O)[C@@H]1CCCCN1. The van der Waals surface area contributed by atoms with Gasteiger partial charge >= 0.3 is 0 Å². The quantitative estimate of drug-likeness (QED) is 0.810. The number of nitrogens with one attached hydrogen (secondary N) is 2. The Hall–Kier alpha value is -0.220. The Morgan fingerprint density at radius 3 is 2.65 bits per heavy atom. The van der Waals surface area contributed by atoms with E-state index in [-0.39, 0.29) is 11.9 Å². The van der Waals surface area contributed by atoms with E-state index in [1.807, 2.05) is 11.8 Å². The van der Waals surface area contributed by atoms with Gasteiger partial charge < -0.3 is 10.6 Å². The molecule has 0 radical (unpaired) electrons. The highest BCUT2D eigenvalue weighted by atomic mass is 32.2. The molecule has 1 saturated heterocycles. The number of amides is 1. The molecule has 4 heteroatoms. The van der Waals surface area contributed by atoms with Crippen molar-refractivity contribution in [2.24, 2.45) is 0 Å². The van der Waals surface area contributed by atoms with Crippen LogP contribution >= 0.6 is 11.8 Å². The minimum absolute atomic E-state index is 0.0631. The normalized spacial score (nSPS) is 34.3. The first-order valence-corrected chi connectivity index (χ1v) is 8.16. The molecular formula is C13H24N2OS. The number of hydrogen-bond donors (Lipinski definition) is 2. The van der Waals surface area contributed by atoms with Crippen LogP contribution in [0.5, 0.6) is 0 Å². The Bertz CT molecular complexity index is 254. The standard InChI is InChI=1S/C13H24N2OS/c1-17-12-8-3-2-6-10(12)15-13(16)11-7-4-5-9-14-11/h10-12,14H,2-9H2,1H3,(H,15,16)/t10?,11-,12?/m0/s1. The van der Waals surface area contributed by atoms with Crippen molar-refractivity contribution in [3.05, 3.63) is 0 Å². The van der Waals surface area contributed by atoms with E-state index in [9.17, 15) is 4.79 Å². The van der Waals surface area contributed by atoms with Crippen molar-refractivity contribution in [1.29, 1.82) is 0 Å². The predicted molar refractivity (Wildman–Crippen MR) is 73.3 cm³/mol. The van der Waals surface area contributed by atoms with Crippen molar-refractivity contribution in [3.8, 4) is 0 Å². The molecule has 2 N–H and O–H groups in total. The van der Waals surface area contributed by atoms with Gasteiger partial charge in [0.15, 0.2) is 0 Å². The van der Waals surface area contributed by atoms with E-state index in [2.05, 4.69) is 16.9 Å². The Morgan fingerprint density at radius 2 is 1.94 bits per heavy atom. The second-order valence-electron chi connectivity index (χ2n) is 5.18. The molecule has 0 bridgehead atoms. The van der Waals surface area contributed by atoms with Crippen molar-refractivity contribution in [3.63, 3.8) is 0 Å². The first kappa shape index (κ1) is 13.2. The molecule has 2 rings (SSSR count). The van der Waals surface area contributed by atoms with Gasteiger partial charge in [0.1, 0.15) is 0 Å². The molecule has 98 valence electrons. The zero-order valence-corrected chi connectivity index (χ0v) is 11.5. The lowest BCUT2D eigenvalue weighted by Gasteiger charge is -2.33. The summed E-state index contributed by atoms with van der Waals surface area (Å²) < 4.78 is 0. The third-order valence-corrected chi connectivity index (χ3v) is 5.13. The smallest absolute Gasteiger partial charge is 0.237 e. The molecule has 3 atom stereocenters. The summed E-state index contributed by atoms with van der Waals surface area (Å²) in [5.41, 5.74) is 0. The van der Waals surface area contributed by atoms with Crippen LogP contribution < -0.4 is 10.6 Å². The molecule has 2 unspecified atom stereocenters. The van der Waals surface area contributed by atoms with Gasteiger partial charge in [0.05, 0.1) is 6.04 Å².